The van der Waals surface area contributed by atoms with E-state index < -0.39 is 0 Å². The molecule has 3 rings (SSSR count). The van der Waals surface area contributed by atoms with Gasteiger partial charge in [0, 0.05) is 22.6 Å². The summed E-state index contributed by atoms with van der Waals surface area (Å²) in [6.45, 7) is 6.34. The third-order valence-electron chi connectivity index (χ3n) is 4.19. The molecule has 1 heterocycles. The third-order valence-corrected chi connectivity index (χ3v) is 4.44. The molecule has 2 aromatic carbocycles. The highest BCUT2D eigenvalue weighted by Crippen LogP contribution is 2.36. The lowest BCUT2D eigenvalue weighted by Gasteiger charge is -2.26. The fourth-order valence-electron chi connectivity index (χ4n) is 3.18. The molecule has 0 aromatic heterocycles. The molecule has 3 nitrogen and oxygen atoms in total. The van der Waals surface area contributed by atoms with Gasteiger partial charge in [-0.15, -0.1) is 0 Å². The van der Waals surface area contributed by atoms with E-state index in [4.69, 9.17) is 21.1 Å². The standard InChI is InChI=1S/C19H22ClNO2/c1-3-22-17-11-14-9-10-21-19(13-5-7-15(20)8-6-13)16(14)12-18(17)23-4-2/h5-8,11-12,19,21H,3-4,9-10H2,1-2H3/p+1/t19-/m1/s1. The molecule has 0 fully saturated rings. The molecule has 1 aliphatic rings. The number of hydrogen-bond acceptors (Lipinski definition) is 2. The van der Waals surface area contributed by atoms with Gasteiger partial charge in [-0.05, 0) is 43.7 Å². The molecule has 0 bridgehead atoms. The Hall–Kier alpha value is -1.71. The van der Waals surface area contributed by atoms with Crippen LogP contribution in [0.2, 0.25) is 5.02 Å². The molecule has 0 aliphatic carbocycles. The molecule has 0 unspecified atom stereocenters. The number of halogens is 1. The number of ether oxygens (including phenoxy) is 2. The molecular formula is C19H23ClNO2+. The van der Waals surface area contributed by atoms with Gasteiger partial charge in [0.25, 0.3) is 0 Å². The fourth-order valence-corrected chi connectivity index (χ4v) is 3.30. The van der Waals surface area contributed by atoms with E-state index in [9.17, 15) is 0 Å². The van der Waals surface area contributed by atoms with E-state index in [-0.39, 0.29) is 6.04 Å². The monoisotopic (exact) mass is 332 g/mol. The maximum Gasteiger partial charge on any atom is 0.161 e. The topological polar surface area (TPSA) is 35.1 Å². The number of benzene rings is 2. The van der Waals surface area contributed by atoms with E-state index in [1.807, 2.05) is 26.0 Å². The molecule has 0 saturated heterocycles. The zero-order valence-corrected chi connectivity index (χ0v) is 14.4. The Morgan fingerprint density at radius 3 is 2.35 bits per heavy atom. The highest BCUT2D eigenvalue weighted by Gasteiger charge is 2.27. The Balaban J connectivity index is 2.02. The van der Waals surface area contributed by atoms with Crippen LogP contribution >= 0.6 is 11.6 Å². The summed E-state index contributed by atoms with van der Waals surface area (Å²) in [5.74, 6) is 1.69. The summed E-state index contributed by atoms with van der Waals surface area (Å²) in [7, 11) is 0. The van der Waals surface area contributed by atoms with Crippen molar-refractivity contribution in [3.8, 4) is 11.5 Å². The van der Waals surface area contributed by atoms with Crippen molar-refractivity contribution in [2.45, 2.75) is 26.3 Å². The Bertz CT molecular complexity index is 670. The molecule has 122 valence electrons. The van der Waals surface area contributed by atoms with Gasteiger partial charge < -0.3 is 14.8 Å². The molecule has 23 heavy (non-hydrogen) atoms. The quantitative estimate of drug-likeness (QED) is 0.911. The second-order valence-corrected chi connectivity index (χ2v) is 6.10. The van der Waals surface area contributed by atoms with E-state index in [0.29, 0.717) is 13.2 Å². The maximum atomic E-state index is 6.03. The summed E-state index contributed by atoms with van der Waals surface area (Å²) < 4.78 is 11.6. The second-order valence-electron chi connectivity index (χ2n) is 5.67. The molecule has 2 N–H and O–H groups in total. The van der Waals surface area contributed by atoms with Gasteiger partial charge in [-0.2, -0.15) is 0 Å². The minimum absolute atomic E-state index is 0.283. The van der Waals surface area contributed by atoms with E-state index >= 15 is 0 Å². The lowest BCUT2D eigenvalue weighted by Crippen LogP contribution is -2.87. The summed E-state index contributed by atoms with van der Waals surface area (Å²) in [6.07, 6.45) is 1.05. The fraction of sp³-hybridized carbons (Fsp3) is 0.368. The lowest BCUT2D eigenvalue weighted by molar-refractivity contribution is -0.690. The van der Waals surface area contributed by atoms with Crippen molar-refractivity contribution in [1.82, 2.24) is 0 Å². The predicted octanol–water partition coefficient (Wildman–Crippen LogP) is 3.35. The zero-order valence-electron chi connectivity index (χ0n) is 13.6. The first-order valence-electron chi connectivity index (χ1n) is 8.24. The largest absolute Gasteiger partial charge is 0.490 e. The minimum Gasteiger partial charge on any atom is -0.490 e. The SMILES string of the molecule is CCOc1cc2c(cc1OCC)[C@@H](c1ccc(Cl)cc1)[NH2+]CC2. The molecule has 0 saturated carbocycles. The lowest BCUT2D eigenvalue weighted by atomic mass is 9.89. The van der Waals surface area contributed by atoms with Gasteiger partial charge in [-0.3, -0.25) is 0 Å². The first-order chi connectivity index (χ1) is 11.2. The molecular weight excluding hydrogens is 310 g/mol. The average Bonchev–Trinajstić information content (AvgIpc) is 2.56. The van der Waals surface area contributed by atoms with Crippen LogP contribution in [-0.4, -0.2) is 19.8 Å². The van der Waals surface area contributed by atoms with E-state index in [1.54, 1.807) is 0 Å². The van der Waals surface area contributed by atoms with Crippen LogP contribution in [0.1, 0.15) is 36.6 Å². The van der Waals surface area contributed by atoms with Gasteiger partial charge in [0.2, 0.25) is 0 Å². The number of hydrogen-bond donors (Lipinski definition) is 1. The van der Waals surface area contributed by atoms with E-state index in [0.717, 1.165) is 29.5 Å². The van der Waals surface area contributed by atoms with Crippen LogP contribution in [0, 0.1) is 0 Å². The maximum absolute atomic E-state index is 6.03. The van der Waals surface area contributed by atoms with Crippen LogP contribution < -0.4 is 14.8 Å². The van der Waals surface area contributed by atoms with Crippen LogP contribution in [0.15, 0.2) is 36.4 Å². The van der Waals surface area contributed by atoms with E-state index in [1.165, 1.54) is 16.7 Å². The molecule has 0 radical (unpaired) electrons. The van der Waals surface area contributed by atoms with Gasteiger partial charge in [-0.1, -0.05) is 23.7 Å². The van der Waals surface area contributed by atoms with Gasteiger partial charge >= 0.3 is 0 Å². The highest BCUT2D eigenvalue weighted by molar-refractivity contribution is 6.30. The van der Waals surface area contributed by atoms with Crippen molar-refractivity contribution in [2.24, 2.45) is 0 Å². The molecule has 4 heteroatoms. The summed E-state index contributed by atoms with van der Waals surface area (Å²) in [6, 6.07) is 12.7. The van der Waals surface area contributed by atoms with Crippen molar-refractivity contribution < 1.29 is 14.8 Å². The minimum atomic E-state index is 0.283. The Kier molecular flexibility index (Phi) is 5.09. The smallest absolute Gasteiger partial charge is 0.161 e. The number of rotatable bonds is 5. The number of quaternary nitrogens is 1. The number of nitrogens with two attached hydrogens (primary N) is 1. The van der Waals surface area contributed by atoms with Gasteiger partial charge in [0.1, 0.15) is 6.04 Å². The van der Waals surface area contributed by atoms with E-state index in [2.05, 4.69) is 29.6 Å². The van der Waals surface area contributed by atoms with Gasteiger partial charge in [0.05, 0.1) is 19.8 Å². The second kappa shape index (κ2) is 7.24. The Labute approximate surface area is 142 Å². The van der Waals surface area contributed by atoms with Crippen LogP contribution in [0.25, 0.3) is 0 Å². The molecule has 1 aliphatic heterocycles. The normalized spacial score (nSPS) is 16.7. The van der Waals surface area contributed by atoms with Crippen LogP contribution in [-0.2, 0) is 6.42 Å². The van der Waals surface area contributed by atoms with Gasteiger partial charge in [0.15, 0.2) is 11.5 Å². The highest BCUT2D eigenvalue weighted by atomic mass is 35.5. The zero-order chi connectivity index (χ0) is 16.2. The molecule has 0 amide bonds. The first-order valence-corrected chi connectivity index (χ1v) is 8.62. The molecule has 0 spiro atoms. The van der Waals surface area contributed by atoms with Crippen molar-refractivity contribution >= 4 is 11.6 Å². The summed E-state index contributed by atoms with van der Waals surface area (Å²) >= 11 is 6.03. The van der Waals surface area contributed by atoms with Crippen molar-refractivity contribution in [3.05, 3.63) is 58.1 Å². The molecule has 2 aromatic rings. The van der Waals surface area contributed by atoms with Crippen LogP contribution in [0.4, 0.5) is 0 Å². The summed E-state index contributed by atoms with van der Waals surface area (Å²) in [4.78, 5) is 0. The average molecular weight is 333 g/mol. The summed E-state index contributed by atoms with van der Waals surface area (Å²) in [5, 5.41) is 3.15. The summed E-state index contributed by atoms with van der Waals surface area (Å²) in [5.41, 5.74) is 3.92. The first kappa shape index (κ1) is 16.2. The predicted molar refractivity (Wildman–Crippen MR) is 92.6 cm³/mol. The Morgan fingerprint density at radius 2 is 1.70 bits per heavy atom. The van der Waals surface area contributed by atoms with Crippen LogP contribution in [0.5, 0.6) is 11.5 Å². The van der Waals surface area contributed by atoms with Crippen LogP contribution in [0.3, 0.4) is 0 Å². The van der Waals surface area contributed by atoms with Crippen molar-refractivity contribution in [1.29, 1.82) is 0 Å². The van der Waals surface area contributed by atoms with Crippen molar-refractivity contribution in [2.75, 3.05) is 19.8 Å². The number of fused-ring (bicyclic) bond motifs is 1. The third kappa shape index (κ3) is 3.46. The Morgan fingerprint density at radius 1 is 1.04 bits per heavy atom. The molecule has 1 atom stereocenters. The van der Waals surface area contributed by atoms with Crippen molar-refractivity contribution in [3.63, 3.8) is 0 Å². The van der Waals surface area contributed by atoms with Gasteiger partial charge in [-0.25, -0.2) is 0 Å².